The van der Waals surface area contributed by atoms with Crippen LogP contribution in [0.2, 0.25) is 0 Å². The van der Waals surface area contributed by atoms with Crippen molar-refractivity contribution in [1.29, 1.82) is 0 Å². The molecular weight excluding hydrogens is 2980 g/mol. The van der Waals surface area contributed by atoms with E-state index in [4.69, 9.17) is 22.4 Å². The van der Waals surface area contributed by atoms with Gasteiger partial charge in [-0.3, -0.25) is 0 Å². The van der Waals surface area contributed by atoms with E-state index in [1.165, 1.54) is 17.8 Å². The Kier molecular flexibility index (Phi) is 137. The Morgan fingerprint density at radius 1 is 0.0538 bits per heavy atom. The van der Waals surface area contributed by atoms with Crippen LogP contribution in [0.25, 0.3) is 0 Å². The fourth-order valence-electron chi connectivity index (χ4n) is 1.01. The normalized spacial score (nSPS) is 7.87. The molecule has 0 aromatic heterocycles. The number of rotatable bonds is 0. The molecule has 0 saturated carbocycles. The number of hydrogen-bond donors (Lipinski definition) is 0. The van der Waals surface area contributed by atoms with E-state index in [0.29, 0.717) is 0 Å². The highest BCUT2D eigenvalue weighted by molar-refractivity contribution is 8.86. The molecule has 0 radical (unpaired) electrons. The van der Waals surface area contributed by atoms with Crippen molar-refractivity contribution < 1.29 is 0 Å². The van der Waals surface area contributed by atoms with Gasteiger partial charge in [-0.2, -0.15) is 0 Å². The molecule has 0 unspecified atom stereocenters. The molecule has 0 saturated heterocycles. The number of hydrogen-bond acceptors (Lipinski definition) is 2. The molecule has 0 heterocycles. The zero-order chi connectivity index (χ0) is 66.3. The second-order valence-electron chi connectivity index (χ2n) is 6.19. The lowest BCUT2D eigenvalue weighted by molar-refractivity contribution is 5.95. The summed E-state index contributed by atoms with van der Waals surface area (Å²) in [6.07, 6.45) is 0. The Morgan fingerprint density at radius 2 is 0.0860 bits per heavy atom. The topological polar surface area (TPSA) is 0 Å². The predicted molar refractivity (Wildman–Crippen MR) is 685 cm³/mol. The van der Waals surface area contributed by atoms with Crippen LogP contribution in [-0.2, 0) is 831 Å². The van der Waals surface area contributed by atoms with Gasteiger partial charge in [0.1, 0.15) is 0 Å². The molecule has 0 N–H and O–H groups in total. The second-order valence-corrected chi connectivity index (χ2v) is 167. The Balaban J connectivity index is 6.17. The highest BCUT2D eigenvalue weighted by atomic mass is 33.6. The van der Waals surface area contributed by atoms with E-state index < -0.39 is 0 Å². The summed E-state index contributed by atoms with van der Waals surface area (Å²) < 4.78 is 0. The third-order valence-corrected chi connectivity index (χ3v) is 202. The SMILES string of the molecule is S=S=S=S=S=S=S=S=S=S=S=S=S=S=S=S=S=S=S=S=S=S=S=S=S=S=S=S=S=S=S=S=S=S=S=S=S=S=S=S=S=S=S=S=S=S=S=S=S=S=S=S=S=S=S=S=S=S=S=S=S=S=S=S=S=S=S=S=S=S=S=S=S=S=S=S=S=S=S=S=S=S=S=S=S=S=S=S=S=S=S=S=S. The van der Waals surface area contributed by atoms with E-state index in [0.717, 1.165) is 0 Å². The van der Waals surface area contributed by atoms with E-state index in [-0.39, 0.29) is 0 Å². The standard InChI is InChI=1S/S93/c1-3-5-7-9-11-13-15-17-19-21-23-25-27-29-31-33-35-37-39-41-43-45-47-49-51-53-55-57-59-61-63-65-67-69-71-73-75-77-79-81-83-85-87-89-91-93-92-90-88-86-84-82-80-78-76-74-72-70-68-66-64-62-60-58-56-54-52-50-48-46-44-42-40-38-36-34-32-30-28-26-24-22-20-18-16-14-12-10-8-6-4-2. The molecule has 0 aliphatic rings. The van der Waals surface area contributed by atoms with Gasteiger partial charge >= 0.3 is 0 Å². The van der Waals surface area contributed by atoms with Gasteiger partial charge in [0, 0.05) is 831 Å². The van der Waals surface area contributed by atoms with E-state index in [1.54, 1.807) is 107 Å². The molecule has 0 aromatic carbocycles. The molecule has 93 heavy (non-hydrogen) atoms. The fraction of sp³-hybridized carbons (Fsp3) is 0. The average Bonchev–Trinajstić information content (AvgIpc) is 3.58. The average molecular weight is 2980 g/mol. The minimum atomic E-state index is 1.37. The molecular formula is S93. The first-order valence-electron chi connectivity index (χ1n) is 15.3. The molecule has 0 aromatic rings. The quantitative estimate of drug-likeness (QED) is 0.330. The van der Waals surface area contributed by atoms with Gasteiger partial charge in [-0.15, -0.1) is 0 Å². The molecule has 0 aliphatic heterocycles. The van der Waals surface area contributed by atoms with E-state index in [2.05, 4.69) is 0 Å². The lowest BCUT2D eigenvalue weighted by Gasteiger charge is -1.41. The van der Waals surface area contributed by atoms with Crippen LogP contribution in [0.3, 0.4) is 0 Å². The van der Waals surface area contributed by atoms with Crippen LogP contribution < -0.4 is 0 Å². The Bertz CT molecular complexity index is 6880. The van der Waals surface area contributed by atoms with Crippen molar-refractivity contribution in [2.75, 3.05) is 0 Å². The van der Waals surface area contributed by atoms with E-state index in [1.807, 2.05) is 684 Å². The summed E-state index contributed by atoms with van der Waals surface area (Å²) >= 11 is 9.66. The summed E-state index contributed by atoms with van der Waals surface area (Å²) in [5, 5.41) is 0. The van der Waals surface area contributed by atoms with Gasteiger partial charge in [0.05, 0.1) is 0 Å². The molecule has 0 atom stereocenters. The first-order valence-corrected chi connectivity index (χ1v) is 138. The highest BCUT2D eigenvalue weighted by Gasteiger charge is 1.50. The summed E-state index contributed by atoms with van der Waals surface area (Å²) in [5.41, 5.74) is 0. The lowest BCUT2D eigenvalue weighted by atomic mass is 30.7. The van der Waals surface area contributed by atoms with Gasteiger partial charge < -0.3 is 0 Å². The van der Waals surface area contributed by atoms with Crippen molar-refractivity contribution in [2.24, 2.45) is 0 Å². The molecule has 0 bridgehead atoms. The summed E-state index contributed by atoms with van der Waals surface area (Å²) in [6, 6.07) is 0. The first-order chi connectivity index (χ1) is 46.4. The third kappa shape index (κ3) is 112. The van der Waals surface area contributed by atoms with Crippen LogP contribution in [0.5, 0.6) is 0 Å². The van der Waals surface area contributed by atoms with Crippen molar-refractivity contribution in [3.05, 3.63) is 0 Å². The molecule has 0 fully saturated rings. The minimum Gasteiger partial charge on any atom is 0 e. The zero-order valence-electron chi connectivity index (χ0n) is 38.0. The van der Waals surface area contributed by atoms with Crippen LogP contribution in [0, 0.1) is 0 Å². The van der Waals surface area contributed by atoms with Crippen LogP contribution >= 0.6 is 0 Å². The van der Waals surface area contributed by atoms with Crippen molar-refractivity contribution in [1.82, 2.24) is 0 Å². The first kappa shape index (κ1) is 113. The largest absolute Gasteiger partial charge is 0 e. The van der Waals surface area contributed by atoms with Gasteiger partial charge in [-0.25, -0.2) is 0 Å². The van der Waals surface area contributed by atoms with Gasteiger partial charge in [-0.1, -0.05) is 0 Å². The summed E-state index contributed by atoms with van der Waals surface area (Å²) in [4.78, 5) is 0. The maximum Gasteiger partial charge on any atom is 0 e. The van der Waals surface area contributed by atoms with E-state index in [9.17, 15) is 0 Å². The van der Waals surface area contributed by atoms with Gasteiger partial charge in [0.15, 0.2) is 0 Å². The van der Waals surface area contributed by atoms with Gasteiger partial charge in [0.2, 0.25) is 0 Å². The molecule has 0 amide bonds. The predicted octanol–water partition coefficient (Wildman–Crippen LogP) is -0.223. The van der Waals surface area contributed by atoms with Crippen molar-refractivity contribution >= 4 is 831 Å². The van der Waals surface area contributed by atoms with Gasteiger partial charge in [-0.05, 0) is 0 Å². The summed E-state index contributed by atoms with van der Waals surface area (Å²) in [7, 11) is 165. The smallest absolute Gasteiger partial charge is 0 e. The van der Waals surface area contributed by atoms with Gasteiger partial charge in [0.25, 0.3) is 0 Å². The third-order valence-electron chi connectivity index (χ3n) is 2.50. The minimum absolute atomic E-state index is 1.37. The molecule has 558 valence electrons. The van der Waals surface area contributed by atoms with Crippen LogP contribution in [0.4, 0.5) is 0 Å². The van der Waals surface area contributed by atoms with Crippen molar-refractivity contribution in [2.45, 2.75) is 0 Å². The maximum atomic E-state index is 4.83. The van der Waals surface area contributed by atoms with Crippen molar-refractivity contribution in [3.63, 3.8) is 0 Å². The monoisotopic (exact) mass is 2970 g/mol. The molecule has 93 heteroatoms. The van der Waals surface area contributed by atoms with Crippen LogP contribution in [0.15, 0.2) is 0 Å². The Labute approximate surface area is 804 Å². The lowest BCUT2D eigenvalue weighted by Crippen LogP contribution is -1.41. The second kappa shape index (κ2) is 112. The molecule has 0 nitrogen and oxygen atoms in total. The highest BCUT2D eigenvalue weighted by Crippen LogP contribution is 1.50. The van der Waals surface area contributed by atoms with E-state index >= 15 is 0 Å². The molecule has 0 aliphatic carbocycles. The Hall–Kier alpha value is 20.5. The fourth-order valence-corrected chi connectivity index (χ4v) is 245. The molecule has 0 spiro atoms. The van der Waals surface area contributed by atoms with Crippen LogP contribution in [-0.4, -0.2) is 0 Å². The van der Waals surface area contributed by atoms with Crippen molar-refractivity contribution in [3.8, 4) is 0 Å². The zero-order valence-corrected chi connectivity index (χ0v) is 114. The Morgan fingerprint density at radius 3 is 0.118 bits per heavy atom. The summed E-state index contributed by atoms with van der Waals surface area (Å²) in [5.74, 6) is 0. The molecule has 0 rings (SSSR count). The summed E-state index contributed by atoms with van der Waals surface area (Å²) in [6.45, 7) is 0. The van der Waals surface area contributed by atoms with Crippen LogP contribution in [0.1, 0.15) is 0 Å². The maximum absolute atomic E-state index is 4.83.